The van der Waals surface area contributed by atoms with E-state index in [0.717, 1.165) is 22.2 Å². The Morgan fingerprint density at radius 3 is 2.67 bits per heavy atom. The van der Waals surface area contributed by atoms with Crippen molar-refractivity contribution in [3.63, 3.8) is 0 Å². The zero-order chi connectivity index (χ0) is 15.6. The van der Waals surface area contributed by atoms with Gasteiger partial charge in [-0.3, -0.25) is 4.79 Å². The highest BCUT2D eigenvalue weighted by atomic mass is 16.1. The second-order valence-corrected chi connectivity index (χ2v) is 4.63. The van der Waals surface area contributed by atoms with Gasteiger partial charge in [0.25, 0.3) is 5.56 Å². The molecule has 0 unspecified atom stereocenters. The molecule has 0 saturated heterocycles. The van der Waals surface area contributed by atoms with E-state index in [9.17, 15) is 4.79 Å². The van der Waals surface area contributed by atoms with Crippen molar-refractivity contribution in [2.45, 2.75) is 20.8 Å². The van der Waals surface area contributed by atoms with Crippen molar-refractivity contribution < 1.29 is 0 Å². The number of pyridine rings is 2. The lowest BCUT2D eigenvalue weighted by molar-refractivity contribution is 0.871. The molecule has 0 bridgehead atoms. The van der Waals surface area contributed by atoms with Gasteiger partial charge in [-0.05, 0) is 24.6 Å². The normalized spacial score (nSPS) is 10.3. The molecule has 0 aliphatic carbocycles. The monoisotopic (exact) mass is 284 g/mol. The fourth-order valence-electron chi connectivity index (χ4n) is 2.27. The highest BCUT2D eigenvalue weighted by Crippen LogP contribution is 2.27. The van der Waals surface area contributed by atoms with Crippen LogP contribution in [0.15, 0.2) is 35.4 Å². The molecule has 3 aromatic heterocycles. The van der Waals surface area contributed by atoms with E-state index in [4.69, 9.17) is 5.73 Å². The third-order valence-corrected chi connectivity index (χ3v) is 3.27. The first kappa shape index (κ1) is 14.8. The lowest BCUT2D eigenvalue weighted by atomic mass is 10.1. The van der Waals surface area contributed by atoms with Crippen molar-refractivity contribution in [3.05, 3.63) is 46.5 Å². The molecule has 0 aliphatic rings. The van der Waals surface area contributed by atoms with Crippen LogP contribution in [0.25, 0.3) is 22.2 Å². The molecule has 0 aliphatic heterocycles. The average molecular weight is 284 g/mol. The van der Waals surface area contributed by atoms with E-state index in [0.29, 0.717) is 11.3 Å². The molecule has 3 rings (SSSR count). The molecule has 0 amide bonds. The number of anilines is 1. The molecule has 3 aromatic rings. The molecule has 110 valence electrons. The minimum Gasteiger partial charge on any atom is -0.384 e. The van der Waals surface area contributed by atoms with Gasteiger partial charge in [0.05, 0.1) is 5.69 Å². The van der Waals surface area contributed by atoms with E-state index in [-0.39, 0.29) is 5.56 Å². The molecule has 5 heteroatoms. The molecule has 0 fully saturated rings. The smallest absolute Gasteiger partial charge is 0.274 e. The van der Waals surface area contributed by atoms with Crippen molar-refractivity contribution in [2.24, 2.45) is 7.05 Å². The number of nitrogens with zero attached hydrogens (tertiary/aromatic N) is 2. The summed E-state index contributed by atoms with van der Waals surface area (Å²) in [6.07, 6.45) is 3.56. The van der Waals surface area contributed by atoms with E-state index in [1.165, 1.54) is 0 Å². The second kappa shape index (κ2) is 5.83. The zero-order valence-corrected chi connectivity index (χ0v) is 12.8. The third kappa shape index (κ3) is 2.54. The number of aryl methyl sites for hydroxylation is 2. The molecule has 0 radical (unpaired) electrons. The van der Waals surface area contributed by atoms with Gasteiger partial charge in [0.15, 0.2) is 0 Å². The van der Waals surface area contributed by atoms with Crippen LogP contribution in [0.5, 0.6) is 0 Å². The van der Waals surface area contributed by atoms with E-state index in [1.807, 2.05) is 32.9 Å². The van der Waals surface area contributed by atoms with Gasteiger partial charge < -0.3 is 15.3 Å². The largest absolute Gasteiger partial charge is 0.384 e. The summed E-state index contributed by atoms with van der Waals surface area (Å²) in [6.45, 7) is 5.98. The fourth-order valence-corrected chi connectivity index (χ4v) is 2.27. The van der Waals surface area contributed by atoms with Crippen LogP contribution in [0.3, 0.4) is 0 Å². The van der Waals surface area contributed by atoms with Gasteiger partial charge in [0.1, 0.15) is 11.3 Å². The number of aromatic nitrogens is 3. The molecule has 0 saturated carbocycles. The summed E-state index contributed by atoms with van der Waals surface area (Å²) < 4.78 is 1.55. The van der Waals surface area contributed by atoms with Crippen LogP contribution in [0.4, 0.5) is 5.82 Å². The number of rotatable bonds is 1. The standard InChI is InChI=1S/C14H14N4O.C2H6/c1-8-3-4-11(15)17-12(8)10-7-18(2)14(19)13-9(10)5-6-16-13;1-2/h3-7,16H,1-2H3,(H2,15,17);1-2H3. The maximum absolute atomic E-state index is 12.0. The van der Waals surface area contributed by atoms with Crippen LogP contribution in [0, 0.1) is 6.92 Å². The topological polar surface area (TPSA) is 76.7 Å². The Hall–Kier alpha value is -2.56. The highest BCUT2D eigenvalue weighted by molar-refractivity contribution is 5.94. The first-order chi connectivity index (χ1) is 10.1. The van der Waals surface area contributed by atoms with Gasteiger partial charge in [-0.1, -0.05) is 19.9 Å². The number of nitrogens with one attached hydrogen (secondary N) is 1. The first-order valence-corrected chi connectivity index (χ1v) is 6.98. The van der Waals surface area contributed by atoms with Crippen LogP contribution in [-0.4, -0.2) is 14.5 Å². The van der Waals surface area contributed by atoms with E-state index in [1.54, 1.807) is 30.1 Å². The number of aromatic amines is 1. The van der Waals surface area contributed by atoms with Crippen LogP contribution in [0.1, 0.15) is 19.4 Å². The molecule has 3 N–H and O–H groups in total. The number of hydrogen-bond acceptors (Lipinski definition) is 3. The summed E-state index contributed by atoms with van der Waals surface area (Å²) >= 11 is 0. The van der Waals surface area contributed by atoms with Gasteiger partial charge in [-0.25, -0.2) is 4.98 Å². The summed E-state index contributed by atoms with van der Waals surface area (Å²) in [5, 5.41) is 0.865. The molecule has 0 aromatic carbocycles. The lowest BCUT2D eigenvalue weighted by Crippen LogP contribution is -2.16. The maximum Gasteiger partial charge on any atom is 0.274 e. The summed E-state index contributed by atoms with van der Waals surface area (Å²) in [4.78, 5) is 19.4. The minimum atomic E-state index is -0.0506. The SMILES string of the molecule is CC.Cc1ccc(N)nc1-c1cn(C)c(=O)c2[nH]ccc12. The summed E-state index contributed by atoms with van der Waals surface area (Å²) in [7, 11) is 1.73. The van der Waals surface area contributed by atoms with Crippen molar-refractivity contribution >= 4 is 16.7 Å². The molecule has 21 heavy (non-hydrogen) atoms. The van der Waals surface area contributed by atoms with Crippen LogP contribution in [-0.2, 0) is 7.05 Å². The first-order valence-electron chi connectivity index (χ1n) is 6.98. The predicted octanol–water partition coefficient (Wildman–Crippen LogP) is 2.85. The Labute approximate surface area is 123 Å². The molecular formula is C16H20N4O. The van der Waals surface area contributed by atoms with Gasteiger partial charge in [-0.2, -0.15) is 0 Å². The predicted molar refractivity (Wildman–Crippen MR) is 87.3 cm³/mol. The van der Waals surface area contributed by atoms with E-state index >= 15 is 0 Å². The number of H-pyrrole nitrogens is 1. The van der Waals surface area contributed by atoms with E-state index < -0.39 is 0 Å². The fraction of sp³-hybridized carbons (Fsp3) is 0.250. The number of nitrogen functional groups attached to an aromatic ring is 1. The van der Waals surface area contributed by atoms with Crippen LogP contribution >= 0.6 is 0 Å². The summed E-state index contributed by atoms with van der Waals surface area (Å²) in [5.74, 6) is 0.470. The number of fused-ring (bicyclic) bond motifs is 1. The Balaban J connectivity index is 0.000000774. The minimum absolute atomic E-state index is 0.0506. The van der Waals surface area contributed by atoms with Crippen LogP contribution in [0.2, 0.25) is 0 Å². The second-order valence-electron chi connectivity index (χ2n) is 4.63. The van der Waals surface area contributed by atoms with Gasteiger partial charge in [0.2, 0.25) is 0 Å². The number of nitrogens with two attached hydrogens (primary N) is 1. The zero-order valence-electron chi connectivity index (χ0n) is 12.8. The van der Waals surface area contributed by atoms with E-state index in [2.05, 4.69) is 9.97 Å². The van der Waals surface area contributed by atoms with Crippen molar-refractivity contribution in [2.75, 3.05) is 5.73 Å². The molecule has 3 heterocycles. The quantitative estimate of drug-likeness (QED) is 0.721. The Bertz CT molecular complexity index is 830. The summed E-state index contributed by atoms with van der Waals surface area (Å²) in [5.41, 5.74) is 9.04. The Kier molecular flexibility index (Phi) is 4.12. The van der Waals surface area contributed by atoms with Gasteiger partial charge >= 0.3 is 0 Å². The maximum atomic E-state index is 12.0. The summed E-state index contributed by atoms with van der Waals surface area (Å²) in [6, 6.07) is 5.59. The van der Waals surface area contributed by atoms with Crippen molar-refractivity contribution in [1.82, 2.24) is 14.5 Å². The molecule has 0 spiro atoms. The lowest BCUT2D eigenvalue weighted by Gasteiger charge is -2.09. The number of hydrogen-bond donors (Lipinski definition) is 2. The van der Waals surface area contributed by atoms with Crippen molar-refractivity contribution in [3.8, 4) is 11.3 Å². The average Bonchev–Trinajstić information content (AvgIpc) is 2.97. The van der Waals surface area contributed by atoms with Crippen LogP contribution < -0.4 is 11.3 Å². The molecular weight excluding hydrogens is 264 g/mol. The van der Waals surface area contributed by atoms with Gasteiger partial charge in [-0.15, -0.1) is 0 Å². The third-order valence-electron chi connectivity index (χ3n) is 3.27. The molecule has 5 nitrogen and oxygen atoms in total. The molecule has 0 atom stereocenters. The van der Waals surface area contributed by atoms with Crippen molar-refractivity contribution in [1.29, 1.82) is 0 Å². The van der Waals surface area contributed by atoms with Gasteiger partial charge in [0, 0.05) is 30.4 Å². The Morgan fingerprint density at radius 1 is 1.24 bits per heavy atom. The highest BCUT2D eigenvalue weighted by Gasteiger charge is 2.12. The Morgan fingerprint density at radius 2 is 1.95 bits per heavy atom.